The summed E-state index contributed by atoms with van der Waals surface area (Å²) in [5.41, 5.74) is 7.44. The highest BCUT2D eigenvalue weighted by Gasteiger charge is 2.13. The van der Waals surface area contributed by atoms with Gasteiger partial charge in [0, 0.05) is 24.7 Å². The SMILES string of the molecule is Nc1ccc(CCNC2CCCC2)nc1. The predicted molar refractivity (Wildman–Crippen MR) is 62.6 cm³/mol. The smallest absolute Gasteiger partial charge is 0.0501 e. The summed E-state index contributed by atoms with van der Waals surface area (Å²) >= 11 is 0. The molecule has 15 heavy (non-hydrogen) atoms. The number of nitrogens with zero attached hydrogens (tertiary/aromatic N) is 1. The van der Waals surface area contributed by atoms with Crippen molar-refractivity contribution in [2.45, 2.75) is 38.1 Å². The summed E-state index contributed by atoms with van der Waals surface area (Å²) in [6.07, 6.45) is 8.18. The lowest BCUT2D eigenvalue weighted by Crippen LogP contribution is -2.28. The summed E-state index contributed by atoms with van der Waals surface area (Å²) in [6.45, 7) is 1.03. The van der Waals surface area contributed by atoms with Gasteiger partial charge in [0.05, 0.1) is 11.9 Å². The molecular formula is C12H19N3. The number of nitrogens with two attached hydrogens (primary N) is 1. The van der Waals surface area contributed by atoms with Crippen molar-refractivity contribution in [2.24, 2.45) is 0 Å². The molecule has 2 rings (SSSR count). The van der Waals surface area contributed by atoms with Crippen LogP contribution in [0, 0.1) is 0 Å². The van der Waals surface area contributed by atoms with Gasteiger partial charge in [0.1, 0.15) is 0 Å². The standard InChI is InChI=1S/C12H19N3/c13-10-5-6-12(15-9-10)7-8-14-11-3-1-2-4-11/h5-6,9,11,14H,1-4,7-8,13H2. The molecule has 3 nitrogen and oxygen atoms in total. The van der Waals surface area contributed by atoms with Crippen LogP contribution in [0.25, 0.3) is 0 Å². The molecule has 1 saturated carbocycles. The molecule has 1 aliphatic rings. The molecule has 1 aromatic rings. The molecule has 0 saturated heterocycles. The van der Waals surface area contributed by atoms with E-state index in [4.69, 9.17) is 5.73 Å². The topological polar surface area (TPSA) is 50.9 Å². The second kappa shape index (κ2) is 5.12. The maximum absolute atomic E-state index is 5.58. The Hall–Kier alpha value is -1.09. The first kappa shape index (κ1) is 10.4. The van der Waals surface area contributed by atoms with Crippen LogP contribution in [0.2, 0.25) is 0 Å². The Kier molecular flexibility index (Phi) is 3.56. The Labute approximate surface area is 91.1 Å². The van der Waals surface area contributed by atoms with Crippen LogP contribution < -0.4 is 11.1 Å². The number of nitrogens with one attached hydrogen (secondary N) is 1. The summed E-state index contributed by atoms with van der Waals surface area (Å²) in [4.78, 5) is 4.28. The predicted octanol–water partition coefficient (Wildman–Crippen LogP) is 1.74. The highest BCUT2D eigenvalue weighted by atomic mass is 14.9. The average molecular weight is 205 g/mol. The first-order valence-electron chi connectivity index (χ1n) is 5.78. The lowest BCUT2D eigenvalue weighted by Gasteiger charge is -2.10. The van der Waals surface area contributed by atoms with Crippen LogP contribution >= 0.6 is 0 Å². The molecule has 0 radical (unpaired) electrons. The summed E-state index contributed by atoms with van der Waals surface area (Å²) in [5, 5.41) is 3.57. The zero-order valence-corrected chi connectivity index (χ0v) is 9.08. The highest BCUT2D eigenvalue weighted by Crippen LogP contribution is 2.17. The van der Waals surface area contributed by atoms with Crippen molar-refractivity contribution in [3.05, 3.63) is 24.0 Å². The normalized spacial score (nSPS) is 17.1. The molecule has 3 N–H and O–H groups in total. The van der Waals surface area contributed by atoms with E-state index in [1.807, 2.05) is 12.1 Å². The summed E-state index contributed by atoms with van der Waals surface area (Å²) in [7, 11) is 0. The quantitative estimate of drug-likeness (QED) is 0.787. The van der Waals surface area contributed by atoms with Gasteiger partial charge in [0.15, 0.2) is 0 Å². The van der Waals surface area contributed by atoms with Crippen LogP contribution in [-0.4, -0.2) is 17.6 Å². The summed E-state index contributed by atoms with van der Waals surface area (Å²) in [5.74, 6) is 0. The van der Waals surface area contributed by atoms with Crippen molar-refractivity contribution in [3.8, 4) is 0 Å². The van der Waals surface area contributed by atoms with E-state index in [2.05, 4.69) is 10.3 Å². The second-order valence-electron chi connectivity index (χ2n) is 4.27. The van der Waals surface area contributed by atoms with Gasteiger partial charge < -0.3 is 11.1 Å². The zero-order valence-electron chi connectivity index (χ0n) is 9.08. The van der Waals surface area contributed by atoms with Crippen LogP contribution in [-0.2, 0) is 6.42 Å². The fourth-order valence-corrected chi connectivity index (χ4v) is 2.12. The van der Waals surface area contributed by atoms with Gasteiger partial charge in [-0.05, 0) is 25.0 Å². The third-order valence-electron chi connectivity index (χ3n) is 3.02. The number of hydrogen-bond acceptors (Lipinski definition) is 3. The Morgan fingerprint density at radius 3 is 2.80 bits per heavy atom. The third-order valence-corrected chi connectivity index (χ3v) is 3.02. The van der Waals surface area contributed by atoms with Crippen LogP contribution in [0.5, 0.6) is 0 Å². The third kappa shape index (κ3) is 3.20. The molecule has 1 aromatic heterocycles. The van der Waals surface area contributed by atoms with Crippen molar-refractivity contribution >= 4 is 5.69 Å². The van der Waals surface area contributed by atoms with Gasteiger partial charge in [-0.1, -0.05) is 12.8 Å². The fraction of sp³-hybridized carbons (Fsp3) is 0.583. The Balaban J connectivity index is 1.71. The van der Waals surface area contributed by atoms with Gasteiger partial charge in [-0.15, -0.1) is 0 Å². The molecule has 1 aliphatic carbocycles. The first-order chi connectivity index (χ1) is 7.34. The van der Waals surface area contributed by atoms with Crippen LogP contribution in [0.3, 0.4) is 0 Å². The van der Waals surface area contributed by atoms with Crippen molar-refractivity contribution in [3.63, 3.8) is 0 Å². The van der Waals surface area contributed by atoms with Crippen molar-refractivity contribution in [1.82, 2.24) is 10.3 Å². The fourth-order valence-electron chi connectivity index (χ4n) is 2.12. The lowest BCUT2D eigenvalue weighted by atomic mass is 10.2. The van der Waals surface area contributed by atoms with E-state index >= 15 is 0 Å². The van der Waals surface area contributed by atoms with E-state index in [1.165, 1.54) is 25.7 Å². The van der Waals surface area contributed by atoms with Crippen molar-refractivity contribution in [2.75, 3.05) is 12.3 Å². The number of aromatic nitrogens is 1. The molecule has 1 fully saturated rings. The molecule has 0 aromatic carbocycles. The first-order valence-corrected chi connectivity index (χ1v) is 5.78. The van der Waals surface area contributed by atoms with Gasteiger partial charge in [-0.3, -0.25) is 4.98 Å². The maximum atomic E-state index is 5.58. The molecule has 0 spiro atoms. The van der Waals surface area contributed by atoms with Gasteiger partial charge in [0.2, 0.25) is 0 Å². The van der Waals surface area contributed by atoms with E-state index in [-0.39, 0.29) is 0 Å². The second-order valence-corrected chi connectivity index (χ2v) is 4.27. The average Bonchev–Trinajstić information content (AvgIpc) is 2.74. The Morgan fingerprint density at radius 1 is 1.33 bits per heavy atom. The summed E-state index contributed by atoms with van der Waals surface area (Å²) in [6, 6.07) is 4.67. The molecule has 3 heteroatoms. The molecular weight excluding hydrogens is 186 g/mol. The van der Waals surface area contributed by atoms with Gasteiger partial charge >= 0.3 is 0 Å². The molecule has 82 valence electrons. The molecule has 0 amide bonds. The van der Waals surface area contributed by atoms with Crippen LogP contribution in [0.15, 0.2) is 18.3 Å². The number of nitrogen functional groups attached to an aromatic ring is 1. The van der Waals surface area contributed by atoms with Crippen molar-refractivity contribution in [1.29, 1.82) is 0 Å². The van der Waals surface area contributed by atoms with Gasteiger partial charge in [-0.25, -0.2) is 0 Å². The van der Waals surface area contributed by atoms with E-state index in [0.29, 0.717) is 0 Å². The Bertz CT molecular complexity index is 288. The molecule has 0 bridgehead atoms. The van der Waals surface area contributed by atoms with Crippen LogP contribution in [0.1, 0.15) is 31.4 Å². The number of anilines is 1. The van der Waals surface area contributed by atoms with Gasteiger partial charge in [-0.2, -0.15) is 0 Å². The largest absolute Gasteiger partial charge is 0.397 e. The summed E-state index contributed by atoms with van der Waals surface area (Å²) < 4.78 is 0. The number of pyridine rings is 1. The lowest BCUT2D eigenvalue weighted by molar-refractivity contribution is 0.526. The van der Waals surface area contributed by atoms with E-state index in [9.17, 15) is 0 Å². The minimum atomic E-state index is 0.738. The monoisotopic (exact) mass is 205 g/mol. The van der Waals surface area contributed by atoms with Crippen molar-refractivity contribution < 1.29 is 0 Å². The molecule has 1 heterocycles. The zero-order chi connectivity index (χ0) is 10.5. The number of rotatable bonds is 4. The van der Waals surface area contributed by atoms with Crippen LogP contribution in [0.4, 0.5) is 5.69 Å². The molecule has 0 aliphatic heterocycles. The molecule has 0 unspecified atom stereocenters. The minimum Gasteiger partial charge on any atom is -0.397 e. The van der Waals surface area contributed by atoms with E-state index in [1.54, 1.807) is 6.20 Å². The minimum absolute atomic E-state index is 0.738. The molecule has 0 atom stereocenters. The van der Waals surface area contributed by atoms with Gasteiger partial charge in [0.25, 0.3) is 0 Å². The van der Waals surface area contributed by atoms with E-state index < -0.39 is 0 Å². The van der Waals surface area contributed by atoms with E-state index in [0.717, 1.165) is 30.4 Å². The Morgan fingerprint density at radius 2 is 2.13 bits per heavy atom. The highest BCUT2D eigenvalue weighted by molar-refractivity contribution is 5.34. The maximum Gasteiger partial charge on any atom is 0.0501 e. The number of hydrogen-bond donors (Lipinski definition) is 2.